The van der Waals surface area contributed by atoms with Gasteiger partial charge in [-0.05, 0) is 24.6 Å². The smallest absolute Gasteiger partial charge is 0.294 e. The Labute approximate surface area is 138 Å². The monoisotopic (exact) mass is 336 g/mol. The van der Waals surface area contributed by atoms with E-state index in [1.54, 1.807) is 18.3 Å². The fourth-order valence-electron chi connectivity index (χ4n) is 2.73. The molecule has 0 amide bonds. The van der Waals surface area contributed by atoms with Gasteiger partial charge < -0.3 is 9.64 Å². The molecule has 1 atom stereocenters. The summed E-state index contributed by atoms with van der Waals surface area (Å²) in [5.41, 5.74) is 1.68. The largest absolute Gasteiger partial charge is 0.373 e. The van der Waals surface area contributed by atoms with E-state index in [0.29, 0.717) is 37.0 Å². The predicted octanol–water partition coefficient (Wildman–Crippen LogP) is 2.66. The third-order valence-electron chi connectivity index (χ3n) is 3.77. The minimum absolute atomic E-state index is 0.0214. The summed E-state index contributed by atoms with van der Waals surface area (Å²) in [6.07, 6.45) is 3.68. The van der Waals surface area contributed by atoms with E-state index in [2.05, 4.69) is 5.10 Å². The van der Waals surface area contributed by atoms with Crippen molar-refractivity contribution >= 4 is 23.0 Å². The van der Waals surface area contributed by atoms with Crippen LogP contribution in [-0.2, 0) is 11.3 Å². The van der Waals surface area contributed by atoms with Gasteiger partial charge in [-0.2, -0.15) is 5.10 Å². The van der Waals surface area contributed by atoms with Crippen molar-refractivity contribution in [1.29, 1.82) is 0 Å². The van der Waals surface area contributed by atoms with Crippen LogP contribution in [-0.4, -0.2) is 40.5 Å². The van der Waals surface area contributed by atoms with Gasteiger partial charge in [-0.3, -0.25) is 14.8 Å². The first kappa shape index (κ1) is 15.8. The molecule has 3 rings (SSSR count). The molecular formula is C15H17ClN4O3. The van der Waals surface area contributed by atoms with Crippen LogP contribution in [0.4, 0.5) is 11.4 Å². The number of rotatable bonds is 4. The molecule has 0 spiro atoms. The van der Waals surface area contributed by atoms with Crippen molar-refractivity contribution in [1.82, 2.24) is 9.78 Å². The maximum atomic E-state index is 11.3. The van der Waals surface area contributed by atoms with Crippen molar-refractivity contribution in [2.45, 2.75) is 19.6 Å². The summed E-state index contributed by atoms with van der Waals surface area (Å²) in [5.74, 6) is 0. The van der Waals surface area contributed by atoms with E-state index in [-0.39, 0.29) is 11.8 Å². The first-order valence-corrected chi connectivity index (χ1v) is 7.70. The van der Waals surface area contributed by atoms with Gasteiger partial charge in [0.05, 0.1) is 30.4 Å². The number of nitro benzene ring substituents is 1. The SMILES string of the molecule is Cc1cnn(CC2CN(c3ccc(Cl)cc3[N+](=O)[O-])CCO2)c1. The number of morpholine rings is 1. The van der Waals surface area contributed by atoms with Crippen LogP contribution in [0.1, 0.15) is 5.56 Å². The molecule has 0 bridgehead atoms. The lowest BCUT2D eigenvalue weighted by molar-refractivity contribution is -0.384. The van der Waals surface area contributed by atoms with E-state index in [9.17, 15) is 10.1 Å². The zero-order chi connectivity index (χ0) is 16.4. The molecule has 1 aliphatic rings. The molecule has 1 unspecified atom stereocenters. The molecule has 2 aromatic rings. The zero-order valence-electron chi connectivity index (χ0n) is 12.7. The zero-order valence-corrected chi connectivity index (χ0v) is 13.4. The molecular weight excluding hydrogens is 320 g/mol. The number of anilines is 1. The molecule has 1 saturated heterocycles. The molecule has 1 aromatic heterocycles. The summed E-state index contributed by atoms with van der Waals surface area (Å²) in [6.45, 7) is 4.30. The van der Waals surface area contributed by atoms with E-state index >= 15 is 0 Å². The molecule has 7 nitrogen and oxygen atoms in total. The lowest BCUT2D eigenvalue weighted by atomic mass is 10.2. The summed E-state index contributed by atoms with van der Waals surface area (Å²) in [4.78, 5) is 12.8. The average Bonchev–Trinajstić information content (AvgIpc) is 2.92. The highest BCUT2D eigenvalue weighted by atomic mass is 35.5. The summed E-state index contributed by atoms with van der Waals surface area (Å²) in [6, 6.07) is 4.75. The molecule has 0 aliphatic carbocycles. The van der Waals surface area contributed by atoms with Crippen LogP contribution in [0.3, 0.4) is 0 Å². The van der Waals surface area contributed by atoms with E-state index in [1.165, 1.54) is 6.07 Å². The van der Waals surface area contributed by atoms with Crippen LogP contribution in [0.15, 0.2) is 30.6 Å². The number of hydrogen-bond acceptors (Lipinski definition) is 5. The maximum Gasteiger partial charge on any atom is 0.294 e. The Morgan fingerprint density at radius 1 is 1.52 bits per heavy atom. The Kier molecular flexibility index (Phi) is 4.49. The van der Waals surface area contributed by atoms with Gasteiger partial charge in [0.1, 0.15) is 5.69 Å². The van der Waals surface area contributed by atoms with Crippen molar-refractivity contribution in [3.63, 3.8) is 0 Å². The van der Waals surface area contributed by atoms with Crippen molar-refractivity contribution in [2.24, 2.45) is 0 Å². The Morgan fingerprint density at radius 2 is 2.35 bits per heavy atom. The number of hydrogen-bond donors (Lipinski definition) is 0. The van der Waals surface area contributed by atoms with Crippen molar-refractivity contribution in [3.05, 3.63) is 51.3 Å². The Morgan fingerprint density at radius 3 is 3.04 bits per heavy atom. The van der Waals surface area contributed by atoms with Gasteiger partial charge in [0.2, 0.25) is 0 Å². The van der Waals surface area contributed by atoms with E-state index in [1.807, 2.05) is 22.7 Å². The summed E-state index contributed by atoms with van der Waals surface area (Å²) in [5, 5.41) is 15.9. The van der Waals surface area contributed by atoms with Gasteiger partial charge in [-0.15, -0.1) is 0 Å². The molecule has 8 heteroatoms. The highest BCUT2D eigenvalue weighted by Crippen LogP contribution is 2.32. The molecule has 1 fully saturated rings. The Bertz CT molecular complexity index is 718. The van der Waals surface area contributed by atoms with Gasteiger partial charge >= 0.3 is 0 Å². The molecule has 2 heterocycles. The molecule has 1 aliphatic heterocycles. The topological polar surface area (TPSA) is 73.4 Å². The molecule has 0 N–H and O–H groups in total. The second kappa shape index (κ2) is 6.55. The minimum Gasteiger partial charge on any atom is -0.373 e. The first-order chi connectivity index (χ1) is 11.0. The maximum absolute atomic E-state index is 11.3. The van der Waals surface area contributed by atoms with Crippen LogP contribution in [0, 0.1) is 17.0 Å². The fraction of sp³-hybridized carbons (Fsp3) is 0.400. The average molecular weight is 337 g/mol. The van der Waals surface area contributed by atoms with Crippen LogP contribution in [0.2, 0.25) is 5.02 Å². The van der Waals surface area contributed by atoms with Crippen LogP contribution >= 0.6 is 11.6 Å². The molecule has 1 aromatic carbocycles. The number of ether oxygens (including phenoxy) is 1. The molecule has 23 heavy (non-hydrogen) atoms. The number of nitrogens with zero attached hydrogens (tertiary/aromatic N) is 4. The van der Waals surface area contributed by atoms with Crippen molar-refractivity contribution in [3.8, 4) is 0 Å². The number of halogens is 1. The number of aromatic nitrogens is 2. The second-order valence-electron chi connectivity index (χ2n) is 5.57. The van der Waals surface area contributed by atoms with Gasteiger partial charge in [-0.25, -0.2) is 0 Å². The van der Waals surface area contributed by atoms with Crippen LogP contribution in [0.5, 0.6) is 0 Å². The van der Waals surface area contributed by atoms with Crippen molar-refractivity contribution < 1.29 is 9.66 Å². The normalized spacial score (nSPS) is 18.2. The van der Waals surface area contributed by atoms with Crippen LogP contribution in [0.25, 0.3) is 0 Å². The van der Waals surface area contributed by atoms with Crippen molar-refractivity contribution in [2.75, 3.05) is 24.6 Å². The quantitative estimate of drug-likeness (QED) is 0.634. The predicted molar refractivity (Wildman–Crippen MR) is 87.0 cm³/mol. The van der Waals surface area contributed by atoms with Gasteiger partial charge in [0.15, 0.2) is 0 Å². The third-order valence-corrected chi connectivity index (χ3v) is 4.00. The minimum atomic E-state index is -0.400. The second-order valence-corrected chi connectivity index (χ2v) is 6.01. The Hall–Kier alpha value is -2.12. The Balaban J connectivity index is 1.77. The molecule has 0 radical (unpaired) electrons. The highest BCUT2D eigenvalue weighted by Gasteiger charge is 2.26. The number of aryl methyl sites for hydroxylation is 1. The van der Waals surface area contributed by atoms with E-state index in [4.69, 9.17) is 16.3 Å². The van der Waals surface area contributed by atoms with Gasteiger partial charge in [0.25, 0.3) is 5.69 Å². The lowest BCUT2D eigenvalue weighted by Gasteiger charge is -2.34. The summed E-state index contributed by atoms with van der Waals surface area (Å²) in [7, 11) is 0. The van der Waals surface area contributed by atoms with Gasteiger partial charge in [-0.1, -0.05) is 11.6 Å². The molecule has 122 valence electrons. The number of nitro groups is 1. The lowest BCUT2D eigenvalue weighted by Crippen LogP contribution is -2.44. The summed E-state index contributed by atoms with van der Waals surface area (Å²) >= 11 is 5.88. The van der Waals surface area contributed by atoms with E-state index < -0.39 is 4.92 Å². The van der Waals surface area contributed by atoms with Crippen LogP contribution < -0.4 is 4.90 Å². The first-order valence-electron chi connectivity index (χ1n) is 7.32. The standard InChI is InChI=1S/C15H17ClN4O3/c1-11-7-17-19(8-11)10-13-9-18(4-5-23-13)14-3-2-12(16)6-15(14)20(21)22/h2-3,6-8,13H,4-5,9-10H2,1H3. The summed E-state index contributed by atoms with van der Waals surface area (Å²) < 4.78 is 7.60. The fourth-order valence-corrected chi connectivity index (χ4v) is 2.90. The molecule has 0 saturated carbocycles. The number of benzene rings is 1. The van der Waals surface area contributed by atoms with Gasteiger partial charge in [0, 0.05) is 30.4 Å². The van der Waals surface area contributed by atoms with E-state index in [0.717, 1.165) is 5.56 Å². The third kappa shape index (κ3) is 3.62. The highest BCUT2D eigenvalue weighted by molar-refractivity contribution is 6.30.